The Morgan fingerprint density at radius 3 is 2.32 bits per heavy atom. The van der Waals surface area contributed by atoms with Gasteiger partial charge in [-0.05, 0) is 35.9 Å². The number of methoxy groups -OCH3 is 3. The van der Waals surface area contributed by atoms with E-state index in [-0.39, 0.29) is 11.5 Å². The number of non-ortho nitro benzene ring substituents is 1. The molecule has 0 aliphatic carbocycles. The number of hydrogen-bond donors (Lipinski definition) is 1. The summed E-state index contributed by atoms with van der Waals surface area (Å²) < 4.78 is 15.8. The van der Waals surface area contributed by atoms with Crippen molar-refractivity contribution in [3.63, 3.8) is 0 Å². The summed E-state index contributed by atoms with van der Waals surface area (Å²) in [5, 5.41) is 11.7. The SMILES string of the molecule is COc1cc(C(=O)C=Cc2c[nH]c3cc([N+](=O)[O-])ccc23)cc(OC)c1OC. The summed E-state index contributed by atoms with van der Waals surface area (Å²) in [5.74, 6) is 0.926. The number of nitrogens with one attached hydrogen (secondary N) is 1. The molecule has 0 saturated carbocycles. The molecular formula is C20H18N2O6. The Balaban J connectivity index is 1.92. The number of benzene rings is 2. The number of ether oxygens (including phenoxy) is 3. The molecule has 1 aromatic heterocycles. The van der Waals surface area contributed by atoms with Gasteiger partial charge in [-0.1, -0.05) is 0 Å². The molecule has 0 aliphatic rings. The molecule has 144 valence electrons. The standard InChI is InChI=1S/C20H18N2O6/c1-26-18-8-13(9-19(27-2)20(18)28-3)17(23)7-4-12-11-21-16-10-14(22(24)25)5-6-15(12)16/h4-11,21H,1-3H3. The summed E-state index contributed by atoms with van der Waals surface area (Å²) in [4.78, 5) is 26.0. The van der Waals surface area contributed by atoms with Crippen LogP contribution in [-0.2, 0) is 0 Å². The van der Waals surface area contributed by atoms with Crippen molar-refractivity contribution in [2.24, 2.45) is 0 Å². The normalized spacial score (nSPS) is 11.0. The molecular weight excluding hydrogens is 364 g/mol. The van der Waals surface area contributed by atoms with Gasteiger partial charge in [0, 0.05) is 29.3 Å². The van der Waals surface area contributed by atoms with Crippen LogP contribution in [0.2, 0.25) is 0 Å². The topological polar surface area (TPSA) is 104 Å². The predicted molar refractivity (Wildman–Crippen MR) is 104 cm³/mol. The van der Waals surface area contributed by atoms with Crippen molar-refractivity contribution in [2.45, 2.75) is 0 Å². The van der Waals surface area contributed by atoms with Gasteiger partial charge in [0.2, 0.25) is 5.75 Å². The highest BCUT2D eigenvalue weighted by Crippen LogP contribution is 2.38. The highest BCUT2D eigenvalue weighted by atomic mass is 16.6. The molecule has 3 rings (SSSR count). The molecule has 28 heavy (non-hydrogen) atoms. The number of H-pyrrole nitrogens is 1. The molecule has 0 spiro atoms. The van der Waals surface area contributed by atoms with Crippen LogP contribution in [0.1, 0.15) is 15.9 Å². The predicted octanol–water partition coefficient (Wildman–Crippen LogP) is 4.00. The van der Waals surface area contributed by atoms with Crippen molar-refractivity contribution >= 4 is 28.4 Å². The average Bonchev–Trinajstić information content (AvgIpc) is 3.12. The maximum absolute atomic E-state index is 12.6. The molecule has 0 bridgehead atoms. The number of carbonyl (C=O) groups excluding carboxylic acids is 1. The van der Waals surface area contributed by atoms with E-state index in [0.29, 0.717) is 28.3 Å². The number of nitro benzene ring substituents is 1. The molecule has 0 amide bonds. The van der Waals surface area contributed by atoms with Gasteiger partial charge in [0.25, 0.3) is 5.69 Å². The van der Waals surface area contributed by atoms with Crippen molar-refractivity contribution in [1.29, 1.82) is 0 Å². The van der Waals surface area contributed by atoms with Crippen LogP contribution in [0.15, 0.2) is 42.6 Å². The summed E-state index contributed by atoms with van der Waals surface area (Å²) in [5.41, 5.74) is 1.74. The summed E-state index contributed by atoms with van der Waals surface area (Å²) in [6, 6.07) is 7.68. The Morgan fingerprint density at radius 2 is 1.75 bits per heavy atom. The lowest BCUT2D eigenvalue weighted by Gasteiger charge is -2.13. The molecule has 1 heterocycles. The minimum absolute atomic E-state index is 0.00150. The van der Waals surface area contributed by atoms with Crippen LogP contribution in [0.25, 0.3) is 17.0 Å². The first-order valence-electron chi connectivity index (χ1n) is 8.26. The Bertz CT molecular complexity index is 1060. The maximum atomic E-state index is 12.6. The Kier molecular flexibility index (Phi) is 5.30. The lowest BCUT2D eigenvalue weighted by atomic mass is 10.1. The van der Waals surface area contributed by atoms with Gasteiger partial charge in [0.05, 0.1) is 31.8 Å². The first-order valence-corrected chi connectivity index (χ1v) is 8.26. The molecule has 0 atom stereocenters. The first-order chi connectivity index (χ1) is 13.5. The number of nitrogens with zero attached hydrogens (tertiary/aromatic N) is 1. The van der Waals surface area contributed by atoms with Gasteiger partial charge in [-0.25, -0.2) is 0 Å². The van der Waals surface area contributed by atoms with E-state index in [9.17, 15) is 14.9 Å². The van der Waals surface area contributed by atoms with E-state index in [2.05, 4.69) is 4.98 Å². The van der Waals surface area contributed by atoms with Gasteiger partial charge in [0.1, 0.15) is 0 Å². The van der Waals surface area contributed by atoms with E-state index in [4.69, 9.17) is 14.2 Å². The fourth-order valence-corrected chi connectivity index (χ4v) is 2.87. The maximum Gasteiger partial charge on any atom is 0.271 e. The monoisotopic (exact) mass is 382 g/mol. The third-order valence-corrected chi connectivity index (χ3v) is 4.27. The number of rotatable bonds is 7. The third kappa shape index (κ3) is 3.52. The van der Waals surface area contributed by atoms with E-state index in [1.807, 2.05) is 0 Å². The Morgan fingerprint density at radius 1 is 1.07 bits per heavy atom. The zero-order valence-corrected chi connectivity index (χ0v) is 15.5. The second kappa shape index (κ2) is 7.83. The fourth-order valence-electron chi connectivity index (χ4n) is 2.87. The van der Waals surface area contributed by atoms with Crippen molar-refractivity contribution < 1.29 is 23.9 Å². The van der Waals surface area contributed by atoms with Gasteiger partial charge >= 0.3 is 0 Å². The fraction of sp³-hybridized carbons (Fsp3) is 0.150. The highest BCUT2D eigenvalue weighted by molar-refractivity contribution is 6.08. The number of hydrogen-bond acceptors (Lipinski definition) is 6. The zero-order chi connectivity index (χ0) is 20.3. The Hall–Kier alpha value is -3.81. The number of nitro groups is 1. The smallest absolute Gasteiger partial charge is 0.271 e. The molecule has 0 aliphatic heterocycles. The van der Waals surface area contributed by atoms with Crippen LogP contribution in [-0.4, -0.2) is 37.0 Å². The van der Waals surface area contributed by atoms with Gasteiger partial charge in [-0.3, -0.25) is 14.9 Å². The molecule has 0 saturated heterocycles. The third-order valence-electron chi connectivity index (χ3n) is 4.27. The number of carbonyl (C=O) groups is 1. The van der Waals surface area contributed by atoms with Gasteiger partial charge in [-0.15, -0.1) is 0 Å². The van der Waals surface area contributed by atoms with Crippen molar-refractivity contribution in [2.75, 3.05) is 21.3 Å². The summed E-state index contributed by atoms with van der Waals surface area (Å²) >= 11 is 0. The minimum atomic E-state index is -0.455. The first kappa shape index (κ1) is 19.0. The molecule has 0 unspecified atom stereocenters. The number of allylic oxidation sites excluding steroid dienone is 1. The number of fused-ring (bicyclic) bond motifs is 1. The average molecular weight is 382 g/mol. The largest absolute Gasteiger partial charge is 0.493 e. The number of ketones is 1. The van der Waals surface area contributed by atoms with Crippen LogP contribution in [0.3, 0.4) is 0 Å². The van der Waals surface area contributed by atoms with Crippen LogP contribution < -0.4 is 14.2 Å². The molecule has 0 fully saturated rings. The van der Waals surface area contributed by atoms with E-state index in [1.54, 1.807) is 30.5 Å². The number of aromatic nitrogens is 1. The quantitative estimate of drug-likeness (QED) is 0.287. The lowest BCUT2D eigenvalue weighted by molar-refractivity contribution is -0.384. The lowest BCUT2D eigenvalue weighted by Crippen LogP contribution is -2.00. The van der Waals surface area contributed by atoms with Crippen molar-refractivity contribution in [3.05, 3.63) is 63.8 Å². The highest BCUT2D eigenvalue weighted by Gasteiger charge is 2.16. The zero-order valence-electron chi connectivity index (χ0n) is 15.5. The molecule has 3 aromatic rings. The summed E-state index contributed by atoms with van der Waals surface area (Å²) in [7, 11) is 4.45. The van der Waals surface area contributed by atoms with Gasteiger partial charge in [-0.2, -0.15) is 0 Å². The molecule has 8 nitrogen and oxygen atoms in total. The second-order valence-electron chi connectivity index (χ2n) is 5.84. The van der Waals surface area contributed by atoms with E-state index in [1.165, 1.54) is 39.5 Å². The van der Waals surface area contributed by atoms with E-state index in [0.717, 1.165) is 10.9 Å². The summed E-state index contributed by atoms with van der Waals surface area (Å²) in [6.45, 7) is 0. The van der Waals surface area contributed by atoms with Crippen molar-refractivity contribution in [3.8, 4) is 17.2 Å². The van der Waals surface area contributed by atoms with E-state index >= 15 is 0 Å². The molecule has 2 aromatic carbocycles. The molecule has 1 N–H and O–H groups in total. The van der Waals surface area contributed by atoms with Crippen LogP contribution >= 0.6 is 0 Å². The van der Waals surface area contributed by atoms with E-state index < -0.39 is 4.92 Å². The van der Waals surface area contributed by atoms with Gasteiger partial charge in [0.15, 0.2) is 17.3 Å². The van der Waals surface area contributed by atoms with Gasteiger partial charge < -0.3 is 19.2 Å². The second-order valence-corrected chi connectivity index (χ2v) is 5.84. The van der Waals surface area contributed by atoms with Crippen molar-refractivity contribution in [1.82, 2.24) is 4.98 Å². The summed E-state index contributed by atoms with van der Waals surface area (Å²) in [6.07, 6.45) is 4.76. The molecule has 0 radical (unpaired) electrons. The van der Waals surface area contributed by atoms with Crippen LogP contribution in [0.4, 0.5) is 5.69 Å². The molecule has 8 heteroatoms. The van der Waals surface area contributed by atoms with Crippen LogP contribution in [0.5, 0.6) is 17.2 Å². The number of aromatic amines is 1. The van der Waals surface area contributed by atoms with Crippen LogP contribution in [0, 0.1) is 10.1 Å². The minimum Gasteiger partial charge on any atom is -0.493 e. The Labute approximate surface area is 160 Å².